The number of carbonyl (C=O) groups excluding carboxylic acids is 1. The van der Waals surface area contributed by atoms with Gasteiger partial charge in [0.2, 0.25) is 5.91 Å². The molecule has 4 atom stereocenters. The predicted octanol–water partition coefficient (Wildman–Crippen LogP) is 6.08. The number of aliphatic hydroxyl groups excluding tert-OH is 1. The van der Waals surface area contributed by atoms with Gasteiger partial charge < -0.3 is 29.9 Å². The van der Waals surface area contributed by atoms with Gasteiger partial charge in [0.1, 0.15) is 0 Å². The number of pyridine rings is 1. The Morgan fingerprint density at radius 2 is 1.65 bits per heavy atom. The van der Waals surface area contributed by atoms with Gasteiger partial charge in [-0.25, -0.2) is 0 Å². The quantitative estimate of drug-likeness (QED) is 0.142. The van der Waals surface area contributed by atoms with Gasteiger partial charge in [-0.3, -0.25) is 14.6 Å². The van der Waals surface area contributed by atoms with Crippen LogP contribution in [-0.2, 0) is 38.6 Å². The van der Waals surface area contributed by atoms with E-state index < -0.39 is 12.3 Å². The minimum Gasteiger partial charge on any atom is -0.481 e. The van der Waals surface area contributed by atoms with Crippen molar-refractivity contribution in [3.05, 3.63) is 125 Å². The number of nitrogens with one attached hydrogen (secondary N) is 1. The van der Waals surface area contributed by atoms with Crippen molar-refractivity contribution in [3.8, 4) is 11.1 Å². The van der Waals surface area contributed by atoms with Gasteiger partial charge in [-0.15, -0.1) is 0 Å². The summed E-state index contributed by atoms with van der Waals surface area (Å²) in [7, 11) is 2.11. The van der Waals surface area contributed by atoms with E-state index in [2.05, 4.69) is 35.2 Å². The molecule has 3 aromatic carbocycles. The van der Waals surface area contributed by atoms with Crippen LogP contribution in [0.2, 0.25) is 0 Å². The van der Waals surface area contributed by atoms with Gasteiger partial charge in [0.15, 0.2) is 6.29 Å². The van der Waals surface area contributed by atoms with Crippen LogP contribution in [0.4, 0.5) is 0 Å². The van der Waals surface area contributed by atoms with Crippen LogP contribution in [-0.4, -0.2) is 58.2 Å². The second kappa shape index (κ2) is 17.1. The highest BCUT2D eigenvalue weighted by Crippen LogP contribution is 2.42. The number of benzene rings is 3. The zero-order chi connectivity index (χ0) is 33.9. The molecule has 0 aliphatic carbocycles. The van der Waals surface area contributed by atoms with Crippen LogP contribution in [0.1, 0.15) is 66.5 Å². The number of rotatable bonds is 15. The van der Waals surface area contributed by atoms with Crippen LogP contribution in [0.15, 0.2) is 97.2 Å². The molecule has 1 amide bonds. The Morgan fingerprint density at radius 3 is 2.38 bits per heavy atom. The molecular weight excluding hydrogens is 606 g/mol. The molecule has 0 saturated carbocycles. The summed E-state index contributed by atoms with van der Waals surface area (Å²) in [6, 6.07) is 30.1. The van der Waals surface area contributed by atoms with Crippen LogP contribution in [0, 0.1) is 5.92 Å². The highest BCUT2D eigenvalue weighted by Gasteiger charge is 2.38. The number of carbonyl (C=O) groups is 2. The summed E-state index contributed by atoms with van der Waals surface area (Å²) in [6.07, 6.45) is 2.24. The minimum atomic E-state index is -0.900. The number of aliphatic carboxylic acids is 1. The molecule has 1 saturated heterocycles. The summed E-state index contributed by atoms with van der Waals surface area (Å²) in [5.41, 5.74) is 6.82. The largest absolute Gasteiger partial charge is 0.481 e. The molecule has 5 rings (SSSR count). The smallest absolute Gasteiger partial charge is 0.303 e. The fraction of sp³-hybridized carbons (Fsp3) is 0.359. The maximum atomic E-state index is 12.2. The van der Waals surface area contributed by atoms with Crippen molar-refractivity contribution < 1.29 is 29.3 Å². The van der Waals surface area contributed by atoms with Crippen molar-refractivity contribution in [2.75, 3.05) is 20.1 Å². The number of amides is 1. The summed E-state index contributed by atoms with van der Waals surface area (Å²) in [5, 5.41) is 21.3. The third kappa shape index (κ3) is 9.81. The Morgan fingerprint density at radius 1 is 0.875 bits per heavy atom. The van der Waals surface area contributed by atoms with E-state index in [0.29, 0.717) is 13.0 Å². The molecular formula is C39H45N3O6. The number of hydrogen-bond donors (Lipinski definition) is 3. The SMILES string of the molecule is CC1C(CN(C)CCc2ccccn2)OC(c2cccc(-c3cccc(CNC(=O)CCCC(=O)O)c3)c2)OC1c1ccc(CO)cc1. The van der Waals surface area contributed by atoms with Crippen LogP contribution < -0.4 is 5.32 Å². The molecule has 9 heteroatoms. The molecule has 1 aromatic heterocycles. The summed E-state index contributed by atoms with van der Waals surface area (Å²) < 4.78 is 13.4. The lowest BCUT2D eigenvalue weighted by Crippen LogP contribution is -2.43. The van der Waals surface area contributed by atoms with E-state index in [0.717, 1.165) is 58.6 Å². The highest BCUT2D eigenvalue weighted by atomic mass is 16.7. The molecule has 48 heavy (non-hydrogen) atoms. The number of aromatic nitrogens is 1. The van der Waals surface area contributed by atoms with Crippen LogP contribution in [0.3, 0.4) is 0 Å². The van der Waals surface area contributed by atoms with Gasteiger partial charge in [0.25, 0.3) is 0 Å². The van der Waals surface area contributed by atoms with Crippen molar-refractivity contribution in [1.82, 2.24) is 15.2 Å². The molecule has 2 heterocycles. The van der Waals surface area contributed by atoms with Gasteiger partial charge in [-0.1, -0.05) is 73.7 Å². The molecule has 3 N–H and O–H groups in total. The lowest BCUT2D eigenvalue weighted by atomic mass is 9.90. The van der Waals surface area contributed by atoms with E-state index in [4.69, 9.17) is 14.6 Å². The maximum Gasteiger partial charge on any atom is 0.303 e. The Labute approximate surface area is 282 Å². The first-order valence-electron chi connectivity index (χ1n) is 16.6. The molecule has 1 aliphatic rings. The monoisotopic (exact) mass is 651 g/mol. The van der Waals surface area contributed by atoms with Crippen LogP contribution in [0.25, 0.3) is 11.1 Å². The molecule has 9 nitrogen and oxygen atoms in total. The Bertz CT molecular complexity index is 1630. The van der Waals surface area contributed by atoms with E-state index >= 15 is 0 Å². The fourth-order valence-corrected chi connectivity index (χ4v) is 5.99. The second-order valence-electron chi connectivity index (χ2n) is 12.5. The van der Waals surface area contributed by atoms with E-state index in [1.165, 1.54) is 0 Å². The number of aliphatic hydroxyl groups is 1. The maximum absolute atomic E-state index is 12.2. The number of ether oxygens (including phenoxy) is 2. The van der Waals surface area contributed by atoms with Crippen molar-refractivity contribution >= 4 is 11.9 Å². The molecule has 0 bridgehead atoms. The summed E-state index contributed by atoms with van der Waals surface area (Å²) in [5.74, 6) is -0.998. The first-order valence-corrected chi connectivity index (χ1v) is 16.6. The molecule has 1 aliphatic heterocycles. The third-order valence-corrected chi connectivity index (χ3v) is 8.79. The lowest BCUT2D eigenvalue weighted by Gasteiger charge is -2.42. The highest BCUT2D eigenvalue weighted by molar-refractivity contribution is 5.76. The zero-order valence-corrected chi connectivity index (χ0v) is 27.6. The van der Waals surface area contributed by atoms with Crippen LogP contribution in [0.5, 0.6) is 0 Å². The molecule has 1 fully saturated rings. The average Bonchev–Trinajstić information content (AvgIpc) is 3.11. The van der Waals surface area contributed by atoms with Crippen molar-refractivity contribution in [2.45, 2.75) is 64.3 Å². The first-order chi connectivity index (χ1) is 23.3. The Balaban J connectivity index is 1.31. The third-order valence-electron chi connectivity index (χ3n) is 8.79. The Hall–Kier alpha value is -4.41. The van der Waals surface area contributed by atoms with Gasteiger partial charge in [-0.2, -0.15) is 0 Å². The topological polar surface area (TPSA) is 121 Å². The summed E-state index contributed by atoms with van der Waals surface area (Å²) in [4.78, 5) is 29.7. The molecule has 0 radical (unpaired) electrons. The van der Waals surface area contributed by atoms with Gasteiger partial charge >= 0.3 is 5.97 Å². The van der Waals surface area contributed by atoms with E-state index in [9.17, 15) is 14.7 Å². The zero-order valence-electron chi connectivity index (χ0n) is 27.6. The van der Waals surface area contributed by atoms with Gasteiger partial charge in [-0.05, 0) is 65.6 Å². The van der Waals surface area contributed by atoms with Gasteiger partial charge in [0, 0.05) is 62.3 Å². The normalized spacial score (nSPS) is 19.2. The van der Waals surface area contributed by atoms with E-state index in [-0.39, 0.29) is 43.5 Å². The molecule has 4 aromatic rings. The second-order valence-corrected chi connectivity index (χ2v) is 12.5. The number of nitrogens with zero attached hydrogens (tertiary/aromatic N) is 2. The predicted molar refractivity (Wildman–Crippen MR) is 184 cm³/mol. The average molecular weight is 652 g/mol. The number of hydrogen-bond acceptors (Lipinski definition) is 7. The number of likely N-dealkylation sites (N-methyl/N-ethyl adjacent to an activating group) is 1. The summed E-state index contributed by atoms with van der Waals surface area (Å²) in [6.45, 7) is 4.09. The number of carboxylic acid groups (broad SMARTS) is 1. The van der Waals surface area contributed by atoms with Gasteiger partial charge in [0.05, 0.1) is 18.8 Å². The first kappa shape index (κ1) is 34.9. The Kier molecular flexibility index (Phi) is 12.5. The molecule has 4 unspecified atom stereocenters. The van der Waals surface area contributed by atoms with Crippen molar-refractivity contribution in [2.24, 2.45) is 5.92 Å². The minimum absolute atomic E-state index is 0.00998. The van der Waals surface area contributed by atoms with E-state index in [1.807, 2.05) is 91.1 Å². The lowest BCUT2D eigenvalue weighted by molar-refractivity contribution is -0.275. The number of carboxylic acids is 1. The molecule has 252 valence electrons. The fourth-order valence-electron chi connectivity index (χ4n) is 5.99. The standard InChI is InChI=1S/C39H45N3O6/c1-27-35(25-42(2)21-19-34-12-3-4-20-40-34)47-39(48-38(27)30-17-15-28(26-43)16-18-30)33-11-6-10-32(23-33)31-9-5-8-29(22-31)24-41-36(44)13-7-14-37(45)46/h3-6,8-12,15-18,20,22-23,27,35,38-39,43H,7,13-14,19,21,24-26H2,1-2H3,(H,41,44)(H,45,46). The molecule has 0 spiro atoms. The van der Waals surface area contributed by atoms with Crippen molar-refractivity contribution in [3.63, 3.8) is 0 Å². The van der Waals surface area contributed by atoms with Crippen LogP contribution >= 0.6 is 0 Å². The van der Waals surface area contributed by atoms with E-state index in [1.54, 1.807) is 0 Å². The van der Waals surface area contributed by atoms with Crippen molar-refractivity contribution in [1.29, 1.82) is 0 Å². The summed E-state index contributed by atoms with van der Waals surface area (Å²) >= 11 is 0.